The molecular weight excluding hydrogens is 339 g/mol. The Kier molecular flexibility index (Phi) is 4.30. The van der Waals surface area contributed by atoms with Gasteiger partial charge in [-0.05, 0) is 64.9 Å². The molecule has 0 unspecified atom stereocenters. The van der Waals surface area contributed by atoms with Crippen LogP contribution in [0.2, 0.25) is 0 Å². The summed E-state index contributed by atoms with van der Waals surface area (Å²) in [6, 6.07) is 13.1. The van der Waals surface area contributed by atoms with Crippen molar-refractivity contribution in [3.8, 4) is 5.75 Å². The summed E-state index contributed by atoms with van der Waals surface area (Å²) < 4.78 is 1.12. The zero-order valence-corrected chi connectivity index (χ0v) is 12.0. The topological polar surface area (TPSA) is 58.3 Å². The second-order valence-corrected chi connectivity index (χ2v) is 5.24. The maximum atomic E-state index is 9.19. The molecule has 4 N–H and O–H groups in total. The van der Waals surface area contributed by atoms with Gasteiger partial charge < -0.3 is 16.2 Å². The average molecular weight is 354 g/mol. The van der Waals surface area contributed by atoms with Gasteiger partial charge in [0.25, 0.3) is 0 Å². The lowest BCUT2D eigenvalue weighted by Gasteiger charge is -2.09. The van der Waals surface area contributed by atoms with Crippen LogP contribution < -0.4 is 11.1 Å². The molecule has 0 amide bonds. The van der Waals surface area contributed by atoms with Crippen molar-refractivity contribution in [1.82, 2.24) is 0 Å². The molecule has 2 aromatic rings. The third kappa shape index (κ3) is 3.53. The van der Waals surface area contributed by atoms with Crippen LogP contribution in [-0.2, 0) is 6.42 Å². The van der Waals surface area contributed by atoms with E-state index < -0.39 is 0 Å². The quantitative estimate of drug-likeness (QED) is 0.584. The lowest BCUT2D eigenvalue weighted by atomic mass is 10.1. The minimum Gasteiger partial charge on any atom is -0.508 e. The van der Waals surface area contributed by atoms with Crippen molar-refractivity contribution in [3.05, 3.63) is 51.6 Å². The number of hydrogen-bond acceptors (Lipinski definition) is 3. The van der Waals surface area contributed by atoms with Gasteiger partial charge in [-0.15, -0.1) is 0 Å². The zero-order valence-electron chi connectivity index (χ0n) is 9.86. The second-order valence-electron chi connectivity index (χ2n) is 4.08. The fourth-order valence-electron chi connectivity index (χ4n) is 1.68. The van der Waals surface area contributed by atoms with Crippen LogP contribution in [0, 0.1) is 3.57 Å². The second kappa shape index (κ2) is 5.95. The Morgan fingerprint density at radius 3 is 2.50 bits per heavy atom. The third-order valence-electron chi connectivity index (χ3n) is 2.66. The number of halogens is 1. The Bertz CT molecular complexity index is 526. The first-order chi connectivity index (χ1) is 8.65. The van der Waals surface area contributed by atoms with Gasteiger partial charge in [-0.25, -0.2) is 0 Å². The standard InChI is InChI=1S/C14H15IN2O/c15-13-9-11(16)3-6-14(13)17-8-7-10-1-4-12(18)5-2-10/h1-6,9,17-18H,7-8,16H2. The van der Waals surface area contributed by atoms with Crippen LogP contribution in [0.25, 0.3) is 0 Å². The normalized spacial score (nSPS) is 10.3. The molecule has 0 aliphatic rings. The Labute approximate surface area is 120 Å². The van der Waals surface area contributed by atoms with E-state index in [0.29, 0.717) is 5.75 Å². The van der Waals surface area contributed by atoms with Gasteiger partial charge in [-0.2, -0.15) is 0 Å². The smallest absolute Gasteiger partial charge is 0.115 e. The van der Waals surface area contributed by atoms with E-state index in [4.69, 9.17) is 5.73 Å². The van der Waals surface area contributed by atoms with Gasteiger partial charge in [0, 0.05) is 21.5 Å². The van der Waals surface area contributed by atoms with Crippen LogP contribution in [0.3, 0.4) is 0 Å². The van der Waals surface area contributed by atoms with Gasteiger partial charge in [0.1, 0.15) is 5.75 Å². The SMILES string of the molecule is Nc1ccc(NCCc2ccc(O)cc2)c(I)c1. The molecule has 0 fully saturated rings. The molecule has 18 heavy (non-hydrogen) atoms. The highest BCUT2D eigenvalue weighted by molar-refractivity contribution is 14.1. The lowest BCUT2D eigenvalue weighted by molar-refractivity contribution is 0.475. The molecule has 0 atom stereocenters. The van der Waals surface area contributed by atoms with E-state index in [2.05, 4.69) is 27.9 Å². The number of aromatic hydroxyl groups is 1. The van der Waals surface area contributed by atoms with Crippen LogP contribution >= 0.6 is 22.6 Å². The first-order valence-electron chi connectivity index (χ1n) is 5.72. The Morgan fingerprint density at radius 1 is 1.11 bits per heavy atom. The Morgan fingerprint density at radius 2 is 1.83 bits per heavy atom. The minimum atomic E-state index is 0.305. The Balaban J connectivity index is 1.90. The monoisotopic (exact) mass is 354 g/mol. The van der Waals surface area contributed by atoms with Gasteiger partial charge in [-0.1, -0.05) is 12.1 Å². The number of nitrogen functional groups attached to an aromatic ring is 1. The molecule has 0 radical (unpaired) electrons. The molecule has 0 spiro atoms. The predicted octanol–water partition coefficient (Wildman–Crippen LogP) is 3.23. The summed E-state index contributed by atoms with van der Waals surface area (Å²) in [4.78, 5) is 0. The van der Waals surface area contributed by atoms with Crippen LogP contribution in [0.1, 0.15) is 5.56 Å². The van der Waals surface area contributed by atoms with Crippen molar-refractivity contribution in [2.75, 3.05) is 17.6 Å². The van der Waals surface area contributed by atoms with E-state index in [-0.39, 0.29) is 0 Å². The van der Waals surface area contributed by atoms with Crippen LogP contribution in [0.5, 0.6) is 5.75 Å². The number of rotatable bonds is 4. The summed E-state index contributed by atoms with van der Waals surface area (Å²) in [7, 11) is 0. The van der Waals surface area contributed by atoms with E-state index in [0.717, 1.165) is 27.9 Å². The molecule has 94 valence electrons. The van der Waals surface area contributed by atoms with Crippen LogP contribution in [0.4, 0.5) is 11.4 Å². The van der Waals surface area contributed by atoms with E-state index >= 15 is 0 Å². The van der Waals surface area contributed by atoms with Gasteiger partial charge in [-0.3, -0.25) is 0 Å². The zero-order chi connectivity index (χ0) is 13.0. The summed E-state index contributed by atoms with van der Waals surface area (Å²) in [6.45, 7) is 0.852. The highest BCUT2D eigenvalue weighted by atomic mass is 127. The van der Waals surface area contributed by atoms with E-state index in [9.17, 15) is 5.11 Å². The predicted molar refractivity (Wildman–Crippen MR) is 83.9 cm³/mol. The number of nitrogens with one attached hydrogen (secondary N) is 1. The van der Waals surface area contributed by atoms with Crippen molar-refractivity contribution < 1.29 is 5.11 Å². The molecule has 0 saturated heterocycles. The van der Waals surface area contributed by atoms with Gasteiger partial charge >= 0.3 is 0 Å². The molecule has 0 aliphatic carbocycles. The summed E-state index contributed by atoms with van der Waals surface area (Å²) in [5, 5.41) is 12.6. The third-order valence-corrected chi connectivity index (χ3v) is 3.55. The molecule has 2 rings (SSSR count). The largest absolute Gasteiger partial charge is 0.508 e. The highest BCUT2D eigenvalue weighted by Gasteiger charge is 1.99. The van der Waals surface area contributed by atoms with Crippen molar-refractivity contribution in [2.45, 2.75) is 6.42 Å². The van der Waals surface area contributed by atoms with Crippen molar-refractivity contribution in [3.63, 3.8) is 0 Å². The first-order valence-corrected chi connectivity index (χ1v) is 6.80. The molecule has 4 heteroatoms. The fourth-order valence-corrected chi connectivity index (χ4v) is 2.41. The number of benzene rings is 2. The lowest BCUT2D eigenvalue weighted by Crippen LogP contribution is -2.06. The first kappa shape index (κ1) is 13.0. The fraction of sp³-hybridized carbons (Fsp3) is 0.143. The summed E-state index contributed by atoms with van der Waals surface area (Å²) >= 11 is 2.27. The molecular formula is C14H15IN2O. The molecule has 0 aromatic heterocycles. The molecule has 0 heterocycles. The Hall–Kier alpha value is -1.43. The van der Waals surface area contributed by atoms with Crippen molar-refractivity contribution in [2.24, 2.45) is 0 Å². The number of phenolic OH excluding ortho intramolecular Hbond substituents is 1. The van der Waals surface area contributed by atoms with E-state index in [1.807, 2.05) is 30.3 Å². The molecule has 0 bridgehead atoms. The summed E-state index contributed by atoms with van der Waals surface area (Å²) in [6.07, 6.45) is 0.917. The van der Waals surface area contributed by atoms with Crippen LogP contribution in [0.15, 0.2) is 42.5 Å². The van der Waals surface area contributed by atoms with Crippen molar-refractivity contribution >= 4 is 34.0 Å². The summed E-state index contributed by atoms with van der Waals surface area (Å²) in [5.74, 6) is 0.305. The number of phenols is 1. The van der Waals surface area contributed by atoms with E-state index in [1.165, 1.54) is 5.56 Å². The number of nitrogens with two attached hydrogens (primary N) is 1. The highest BCUT2D eigenvalue weighted by Crippen LogP contribution is 2.20. The van der Waals surface area contributed by atoms with Crippen LogP contribution in [-0.4, -0.2) is 11.7 Å². The molecule has 2 aromatic carbocycles. The van der Waals surface area contributed by atoms with Gasteiger partial charge in [0.05, 0.1) is 0 Å². The molecule has 0 aliphatic heterocycles. The molecule has 3 nitrogen and oxygen atoms in total. The maximum absolute atomic E-state index is 9.19. The van der Waals surface area contributed by atoms with Gasteiger partial charge in [0.2, 0.25) is 0 Å². The summed E-state index contributed by atoms with van der Waals surface area (Å²) in [5.41, 5.74) is 8.79. The average Bonchev–Trinajstić information content (AvgIpc) is 2.34. The minimum absolute atomic E-state index is 0.305. The maximum Gasteiger partial charge on any atom is 0.115 e. The van der Waals surface area contributed by atoms with Crippen molar-refractivity contribution in [1.29, 1.82) is 0 Å². The van der Waals surface area contributed by atoms with Gasteiger partial charge in [0.15, 0.2) is 0 Å². The van der Waals surface area contributed by atoms with E-state index in [1.54, 1.807) is 12.1 Å². The molecule has 0 saturated carbocycles. The number of anilines is 2. The number of hydrogen-bond donors (Lipinski definition) is 3.